The summed E-state index contributed by atoms with van der Waals surface area (Å²) in [6.45, 7) is 2.13. The Kier molecular flexibility index (Phi) is 5.14. The molecule has 1 aromatic carbocycles. The monoisotopic (exact) mass is 384 g/mol. The van der Waals surface area contributed by atoms with E-state index >= 15 is 0 Å². The van der Waals surface area contributed by atoms with E-state index in [4.69, 9.17) is 16.0 Å². The summed E-state index contributed by atoms with van der Waals surface area (Å²) in [5, 5.41) is 3.63. The molecule has 3 aliphatic heterocycles. The highest BCUT2D eigenvalue weighted by molar-refractivity contribution is 6.32. The maximum absolute atomic E-state index is 12.8. The fourth-order valence-corrected chi connectivity index (χ4v) is 3.90. The predicted molar refractivity (Wildman–Crippen MR) is 101 cm³/mol. The molecule has 8 heteroatoms. The first kappa shape index (κ1) is 18.3. The van der Waals surface area contributed by atoms with Crippen LogP contribution in [0.25, 0.3) is 11.1 Å². The van der Waals surface area contributed by atoms with Crippen molar-refractivity contribution in [2.75, 3.05) is 32.1 Å². The summed E-state index contributed by atoms with van der Waals surface area (Å²) in [4.78, 5) is 21.4. The zero-order chi connectivity index (χ0) is 16.8. The minimum absolute atomic E-state index is 0. The quantitative estimate of drug-likeness (QED) is 0.880. The summed E-state index contributed by atoms with van der Waals surface area (Å²) in [5.41, 5.74) is 1.55. The molecule has 0 saturated carbocycles. The van der Waals surface area contributed by atoms with Gasteiger partial charge in [0.05, 0.1) is 11.7 Å². The van der Waals surface area contributed by atoms with Gasteiger partial charge in [-0.25, -0.2) is 0 Å². The van der Waals surface area contributed by atoms with Crippen LogP contribution >= 0.6 is 24.0 Å². The first-order valence-corrected chi connectivity index (χ1v) is 8.71. The molecule has 0 spiro atoms. The molecule has 3 aliphatic rings. The number of carbonyl (C=O) groups excluding carboxylic acids is 1. The van der Waals surface area contributed by atoms with Crippen LogP contribution in [0, 0.1) is 5.92 Å². The number of hydrogen-bond donors (Lipinski definition) is 1. The molecular weight excluding hydrogens is 363 g/mol. The topological polar surface area (TPSA) is 61.6 Å². The van der Waals surface area contributed by atoms with Gasteiger partial charge in [-0.15, -0.1) is 12.4 Å². The normalized spacial score (nSPS) is 24.8. The number of carbonyl (C=O) groups is 1. The van der Waals surface area contributed by atoms with Gasteiger partial charge in [0.2, 0.25) is 0 Å². The SMILES string of the molecule is CN(C)c1nc2c(C(=O)N[C@@H]3CC4CCN3CC4)cc(Cl)cc2o1.Cl. The molecule has 3 fully saturated rings. The minimum Gasteiger partial charge on any atom is -0.423 e. The molecule has 5 rings (SSSR count). The Labute approximate surface area is 157 Å². The second-order valence-electron chi connectivity index (χ2n) is 6.90. The number of piperidine rings is 3. The van der Waals surface area contributed by atoms with Gasteiger partial charge in [-0.1, -0.05) is 11.6 Å². The van der Waals surface area contributed by atoms with E-state index in [-0.39, 0.29) is 24.5 Å². The number of benzene rings is 1. The van der Waals surface area contributed by atoms with Crippen LogP contribution in [0.3, 0.4) is 0 Å². The second-order valence-corrected chi connectivity index (χ2v) is 7.33. The number of anilines is 1. The average molecular weight is 385 g/mol. The number of fused-ring (bicyclic) bond motifs is 4. The summed E-state index contributed by atoms with van der Waals surface area (Å²) in [6.07, 6.45) is 3.61. The number of nitrogens with one attached hydrogen (secondary N) is 1. The van der Waals surface area contributed by atoms with E-state index in [0.717, 1.165) is 25.4 Å². The highest BCUT2D eigenvalue weighted by atomic mass is 35.5. The Balaban J connectivity index is 0.00000182. The van der Waals surface area contributed by atoms with Crippen molar-refractivity contribution in [3.63, 3.8) is 0 Å². The van der Waals surface area contributed by atoms with Gasteiger partial charge in [0.25, 0.3) is 11.9 Å². The number of oxazole rings is 1. The molecule has 0 unspecified atom stereocenters. The molecule has 4 heterocycles. The highest BCUT2D eigenvalue weighted by Crippen LogP contribution is 2.32. The number of hydrogen-bond acceptors (Lipinski definition) is 5. The smallest absolute Gasteiger partial charge is 0.297 e. The molecule has 6 nitrogen and oxygen atoms in total. The molecule has 3 saturated heterocycles. The molecule has 2 aromatic rings. The van der Waals surface area contributed by atoms with E-state index in [2.05, 4.69) is 15.2 Å². The van der Waals surface area contributed by atoms with Crippen molar-refractivity contribution in [2.45, 2.75) is 25.4 Å². The largest absolute Gasteiger partial charge is 0.423 e. The number of rotatable bonds is 3. The Morgan fingerprint density at radius 1 is 1.36 bits per heavy atom. The molecule has 1 aromatic heterocycles. The predicted octanol–water partition coefficient (Wildman–Crippen LogP) is 3.14. The standard InChI is InChI=1S/C17H21ClN4O2.ClH/c1-21(2)17-20-15-12(8-11(18)9-13(15)24-17)16(23)19-14-7-10-3-5-22(14)6-4-10;/h8-10,14H,3-7H2,1-2H3,(H,19,23);1H/t14-;/m0./s1. The van der Waals surface area contributed by atoms with Crippen molar-refractivity contribution in [3.8, 4) is 0 Å². The van der Waals surface area contributed by atoms with Crippen LogP contribution in [0.5, 0.6) is 0 Å². The van der Waals surface area contributed by atoms with Crippen LogP contribution < -0.4 is 10.2 Å². The van der Waals surface area contributed by atoms with Crippen LogP contribution in [0.1, 0.15) is 29.6 Å². The highest BCUT2D eigenvalue weighted by Gasteiger charge is 2.34. The summed E-state index contributed by atoms with van der Waals surface area (Å²) in [5.74, 6) is 0.589. The van der Waals surface area contributed by atoms with E-state index in [9.17, 15) is 4.79 Å². The third kappa shape index (κ3) is 3.43. The Hall–Kier alpha value is -1.50. The van der Waals surface area contributed by atoms with Crippen LogP contribution in [-0.4, -0.2) is 49.1 Å². The zero-order valence-corrected chi connectivity index (χ0v) is 15.9. The van der Waals surface area contributed by atoms with Crippen LogP contribution in [0.15, 0.2) is 16.5 Å². The van der Waals surface area contributed by atoms with Gasteiger partial charge in [-0.2, -0.15) is 4.98 Å². The molecule has 2 bridgehead atoms. The minimum atomic E-state index is -0.140. The molecule has 1 amide bonds. The molecule has 1 atom stereocenters. The van der Waals surface area contributed by atoms with Gasteiger partial charge >= 0.3 is 0 Å². The third-order valence-corrected chi connectivity index (χ3v) is 5.24. The van der Waals surface area contributed by atoms with Crippen molar-refractivity contribution in [1.29, 1.82) is 0 Å². The first-order valence-electron chi connectivity index (χ1n) is 8.33. The molecular formula is C17H22Cl2N4O2. The van der Waals surface area contributed by atoms with Crippen molar-refractivity contribution in [1.82, 2.24) is 15.2 Å². The summed E-state index contributed by atoms with van der Waals surface area (Å²) in [6, 6.07) is 3.82. The molecule has 0 radical (unpaired) electrons. The Morgan fingerprint density at radius 3 is 2.68 bits per heavy atom. The van der Waals surface area contributed by atoms with Crippen molar-refractivity contribution in [3.05, 3.63) is 22.7 Å². The van der Waals surface area contributed by atoms with Gasteiger partial charge in [0, 0.05) is 38.3 Å². The molecule has 136 valence electrons. The Morgan fingerprint density at radius 2 is 2.08 bits per heavy atom. The number of halogens is 2. The lowest BCUT2D eigenvalue weighted by atomic mass is 9.86. The molecule has 1 N–H and O–H groups in total. The Bertz CT molecular complexity index is 784. The van der Waals surface area contributed by atoms with Gasteiger partial charge in [0.15, 0.2) is 5.58 Å². The van der Waals surface area contributed by atoms with Crippen LogP contribution in [0.4, 0.5) is 6.01 Å². The molecule has 0 aliphatic carbocycles. The maximum atomic E-state index is 12.8. The maximum Gasteiger partial charge on any atom is 0.297 e. The average Bonchev–Trinajstić information content (AvgIpc) is 2.99. The summed E-state index contributed by atoms with van der Waals surface area (Å²) in [7, 11) is 3.69. The van der Waals surface area contributed by atoms with Crippen LogP contribution in [-0.2, 0) is 0 Å². The number of aromatic nitrogens is 1. The lowest BCUT2D eigenvalue weighted by molar-refractivity contribution is 0.0295. The number of nitrogens with zero attached hydrogens (tertiary/aromatic N) is 3. The third-order valence-electron chi connectivity index (χ3n) is 5.02. The van der Waals surface area contributed by atoms with E-state index in [0.29, 0.717) is 27.7 Å². The van der Waals surface area contributed by atoms with Gasteiger partial charge < -0.3 is 14.6 Å². The van der Waals surface area contributed by atoms with E-state index in [1.165, 1.54) is 12.8 Å². The molecule has 25 heavy (non-hydrogen) atoms. The zero-order valence-electron chi connectivity index (χ0n) is 14.3. The van der Waals surface area contributed by atoms with Gasteiger partial charge in [-0.05, 0) is 31.2 Å². The van der Waals surface area contributed by atoms with E-state index < -0.39 is 0 Å². The van der Waals surface area contributed by atoms with Crippen molar-refractivity contribution >= 4 is 47.0 Å². The summed E-state index contributed by atoms with van der Waals surface area (Å²) >= 11 is 6.17. The lowest BCUT2D eigenvalue weighted by Gasteiger charge is -2.45. The fourth-order valence-electron chi connectivity index (χ4n) is 3.69. The number of amides is 1. The second kappa shape index (κ2) is 7.02. The van der Waals surface area contributed by atoms with Crippen molar-refractivity contribution < 1.29 is 9.21 Å². The van der Waals surface area contributed by atoms with Crippen LogP contribution in [0.2, 0.25) is 5.02 Å². The van der Waals surface area contributed by atoms with E-state index in [1.807, 2.05) is 14.1 Å². The first-order chi connectivity index (χ1) is 11.5. The fraction of sp³-hybridized carbons (Fsp3) is 0.529. The van der Waals surface area contributed by atoms with Gasteiger partial charge in [-0.3, -0.25) is 9.69 Å². The van der Waals surface area contributed by atoms with Crippen molar-refractivity contribution in [2.24, 2.45) is 5.92 Å². The van der Waals surface area contributed by atoms with E-state index in [1.54, 1.807) is 17.0 Å². The summed E-state index contributed by atoms with van der Waals surface area (Å²) < 4.78 is 5.68. The van der Waals surface area contributed by atoms with Gasteiger partial charge in [0.1, 0.15) is 5.52 Å². The lowest BCUT2D eigenvalue weighted by Crippen LogP contribution is -2.56.